The normalized spacial score (nSPS) is 11.5. The monoisotopic (exact) mass is 864 g/mol. The summed E-state index contributed by atoms with van der Waals surface area (Å²) in [5.41, 5.74) is 16.3. The van der Waals surface area contributed by atoms with Crippen LogP contribution in [0, 0.1) is 0 Å². The van der Waals surface area contributed by atoms with Crippen LogP contribution in [-0.2, 0) is 0 Å². The Bertz CT molecular complexity index is 4020. The lowest BCUT2D eigenvalue weighted by Crippen LogP contribution is -2.10. The molecule has 0 saturated heterocycles. The molecule has 1 aromatic heterocycles. The first-order valence-electron chi connectivity index (χ1n) is 23.4. The Hall–Kier alpha value is -8.98. The number of hydrogen-bond acceptors (Lipinski definition) is 1. The zero-order valence-electron chi connectivity index (χ0n) is 37.3. The van der Waals surface area contributed by atoms with E-state index >= 15 is 0 Å². The Morgan fingerprint density at radius 2 is 0.750 bits per heavy atom. The van der Waals surface area contributed by atoms with Gasteiger partial charge in [-0.25, -0.2) is 0 Å². The molecule has 0 aliphatic rings. The third-order valence-corrected chi connectivity index (χ3v) is 13.7. The van der Waals surface area contributed by atoms with E-state index < -0.39 is 0 Å². The molecule has 0 bridgehead atoms. The highest BCUT2D eigenvalue weighted by molar-refractivity contribution is 6.22. The smallest absolute Gasteiger partial charge is 0.0562 e. The zero-order valence-corrected chi connectivity index (χ0v) is 37.3. The summed E-state index contributed by atoms with van der Waals surface area (Å²) in [6, 6.07) is 97.6. The lowest BCUT2D eigenvalue weighted by atomic mass is 9.84. The fourth-order valence-electron chi connectivity index (χ4n) is 10.7. The fourth-order valence-corrected chi connectivity index (χ4v) is 10.7. The van der Waals surface area contributed by atoms with Gasteiger partial charge >= 0.3 is 0 Å². The summed E-state index contributed by atoms with van der Waals surface area (Å²) in [6.45, 7) is 0. The van der Waals surface area contributed by atoms with Crippen LogP contribution in [0.3, 0.4) is 0 Å². The van der Waals surface area contributed by atoms with E-state index in [-0.39, 0.29) is 0 Å². The maximum Gasteiger partial charge on any atom is 0.0562 e. The molecule has 1 heterocycles. The average molecular weight is 865 g/mol. The standard InChI is InChI=1S/C66H44N2/c1-4-20-46(21-5-1)64-58-32-13-12-31-56(58)57-40-39-52(44-60(57)65(64)47-22-6-2-7-23-47)50-26-17-30-55(43-50)67(54-29-16-25-49(42-54)51-38-37-45-19-10-11-24-48(45)41-51)62-35-18-36-63-66(62)59-33-14-15-34-61(59)68(63)53-27-8-3-9-28-53/h1-44H. The van der Waals surface area contributed by atoms with E-state index in [9.17, 15) is 0 Å². The minimum Gasteiger partial charge on any atom is -0.310 e. The molecule has 0 unspecified atom stereocenters. The second-order valence-corrected chi connectivity index (χ2v) is 17.6. The number of fused-ring (bicyclic) bond motifs is 7. The van der Waals surface area contributed by atoms with Crippen LogP contribution < -0.4 is 4.90 Å². The third kappa shape index (κ3) is 6.65. The first-order chi connectivity index (χ1) is 33.7. The van der Waals surface area contributed by atoms with Gasteiger partial charge in [-0.1, -0.05) is 200 Å². The van der Waals surface area contributed by atoms with E-state index in [4.69, 9.17) is 0 Å². The van der Waals surface area contributed by atoms with Crippen LogP contribution in [0.25, 0.3) is 104 Å². The molecule has 0 amide bonds. The van der Waals surface area contributed by atoms with Crippen molar-refractivity contribution in [3.05, 3.63) is 267 Å². The lowest BCUT2D eigenvalue weighted by Gasteiger charge is -2.27. The van der Waals surface area contributed by atoms with Crippen LogP contribution in [0.15, 0.2) is 267 Å². The summed E-state index contributed by atoms with van der Waals surface area (Å²) in [5, 5.41) is 9.85. The van der Waals surface area contributed by atoms with E-state index in [1.165, 1.54) is 76.4 Å². The Morgan fingerprint density at radius 1 is 0.265 bits per heavy atom. The van der Waals surface area contributed by atoms with Gasteiger partial charge in [0, 0.05) is 27.8 Å². The minimum absolute atomic E-state index is 1.08. The highest BCUT2D eigenvalue weighted by Gasteiger charge is 2.23. The SMILES string of the molecule is c1ccc(-c2c(-c3ccccc3)c3cc(-c4cccc(N(c5cccc(-c6ccc7ccccc7c6)c5)c5cccc6c5c5ccccc5n6-c5ccccc5)c4)ccc3c3ccccc23)cc1. The predicted octanol–water partition coefficient (Wildman–Crippen LogP) is 18.4. The number of benzene rings is 12. The molecule has 0 N–H and O–H groups in total. The number of nitrogens with zero attached hydrogens (tertiary/aromatic N) is 2. The number of para-hydroxylation sites is 2. The molecule has 0 aliphatic heterocycles. The predicted molar refractivity (Wildman–Crippen MR) is 290 cm³/mol. The van der Waals surface area contributed by atoms with E-state index in [0.717, 1.165) is 45.0 Å². The van der Waals surface area contributed by atoms with Crippen LogP contribution in [0.5, 0.6) is 0 Å². The van der Waals surface area contributed by atoms with Crippen LogP contribution >= 0.6 is 0 Å². The van der Waals surface area contributed by atoms with Crippen molar-refractivity contribution < 1.29 is 0 Å². The zero-order chi connectivity index (χ0) is 45.0. The summed E-state index contributed by atoms with van der Waals surface area (Å²) in [5.74, 6) is 0. The summed E-state index contributed by atoms with van der Waals surface area (Å²) in [4.78, 5) is 2.47. The molecule has 318 valence electrons. The van der Waals surface area contributed by atoms with Gasteiger partial charge in [-0.15, -0.1) is 0 Å². The van der Waals surface area contributed by atoms with E-state index in [2.05, 4.69) is 276 Å². The molecule has 0 radical (unpaired) electrons. The molecule has 68 heavy (non-hydrogen) atoms. The Morgan fingerprint density at radius 3 is 1.46 bits per heavy atom. The van der Waals surface area contributed by atoms with Gasteiger partial charge in [-0.05, 0) is 144 Å². The van der Waals surface area contributed by atoms with Crippen LogP contribution in [0.4, 0.5) is 17.1 Å². The molecular weight excluding hydrogens is 821 g/mol. The second kappa shape index (κ2) is 16.5. The quantitative estimate of drug-likeness (QED) is 0.138. The van der Waals surface area contributed by atoms with E-state index in [1.807, 2.05) is 0 Å². The maximum atomic E-state index is 2.47. The van der Waals surface area contributed by atoms with Gasteiger partial charge in [0.05, 0.1) is 16.7 Å². The van der Waals surface area contributed by atoms with E-state index in [1.54, 1.807) is 0 Å². The van der Waals surface area contributed by atoms with Crippen molar-refractivity contribution >= 4 is 71.2 Å². The number of hydrogen-bond donors (Lipinski definition) is 0. The molecule has 0 aliphatic carbocycles. The van der Waals surface area contributed by atoms with Crippen LogP contribution in [-0.4, -0.2) is 4.57 Å². The fraction of sp³-hybridized carbons (Fsp3) is 0. The van der Waals surface area contributed by atoms with Gasteiger partial charge in [-0.3, -0.25) is 0 Å². The molecule has 0 spiro atoms. The topological polar surface area (TPSA) is 8.17 Å². The summed E-state index contributed by atoms with van der Waals surface area (Å²) in [7, 11) is 0. The van der Waals surface area contributed by atoms with Gasteiger partial charge < -0.3 is 9.47 Å². The van der Waals surface area contributed by atoms with Crippen molar-refractivity contribution in [3.8, 4) is 50.2 Å². The van der Waals surface area contributed by atoms with Gasteiger partial charge in [0.25, 0.3) is 0 Å². The van der Waals surface area contributed by atoms with Crippen molar-refractivity contribution in [2.75, 3.05) is 4.90 Å². The summed E-state index contributed by atoms with van der Waals surface area (Å²) >= 11 is 0. The Kier molecular flexibility index (Phi) is 9.54. The number of anilines is 3. The van der Waals surface area contributed by atoms with Gasteiger partial charge in [-0.2, -0.15) is 0 Å². The molecule has 13 aromatic rings. The first kappa shape index (κ1) is 39.4. The van der Waals surface area contributed by atoms with Crippen molar-refractivity contribution in [1.82, 2.24) is 4.57 Å². The van der Waals surface area contributed by atoms with Crippen LogP contribution in [0.2, 0.25) is 0 Å². The highest BCUT2D eigenvalue weighted by Crippen LogP contribution is 2.48. The van der Waals surface area contributed by atoms with Gasteiger partial charge in [0.2, 0.25) is 0 Å². The largest absolute Gasteiger partial charge is 0.310 e. The summed E-state index contributed by atoms with van der Waals surface area (Å²) < 4.78 is 2.40. The molecule has 2 heteroatoms. The first-order valence-corrected chi connectivity index (χ1v) is 23.4. The van der Waals surface area contributed by atoms with Gasteiger partial charge in [0.1, 0.15) is 0 Å². The second-order valence-electron chi connectivity index (χ2n) is 17.6. The molecule has 12 aromatic carbocycles. The summed E-state index contributed by atoms with van der Waals surface area (Å²) in [6.07, 6.45) is 0. The van der Waals surface area contributed by atoms with E-state index in [0.29, 0.717) is 0 Å². The Balaban J connectivity index is 1.05. The number of aromatic nitrogens is 1. The molecule has 0 saturated carbocycles. The highest BCUT2D eigenvalue weighted by atomic mass is 15.1. The van der Waals surface area contributed by atoms with Crippen molar-refractivity contribution in [3.63, 3.8) is 0 Å². The van der Waals surface area contributed by atoms with Crippen molar-refractivity contribution in [2.24, 2.45) is 0 Å². The molecular formula is C66H44N2. The molecule has 2 nitrogen and oxygen atoms in total. The molecule has 13 rings (SSSR count). The Labute approximate surface area is 395 Å². The maximum absolute atomic E-state index is 2.47. The van der Waals surface area contributed by atoms with Crippen molar-refractivity contribution in [2.45, 2.75) is 0 Å². The van der Waals surface area contributed by atoms with Gasteiger partial charge in [0.15, 0.2) is 0 Å². The molecule has 0 atom stereocenters. The lowest BCUT2D eigenvalue weighted by molar-refractivity contribution is 1.18. The molecule has 0 fully saturated rings. The number of rotatable bonds is 8. The van der Waals surface area contributed by atoms with Crippen LogP contribution in [0.1, 0.15) is 0 Å². The third-order valence-electron chi connectivity index (χ3n) is 13.7. The van der Waals surface area contributed by atoms with Crippen molar-refractivity contribution in [1.29, 1.82) is 0 Å². The minimum atomic E-state index is 1.08. The average Bonchev–Trinajstić information content (AvgIpc) is 3.76.